The summed E-state index contributed by atoms with van der Waals surface area (Å²) in [5.41, 5.74) is 3.54. The summed E-state index contributed by atoms with van der Waals surface area (Å²) in [6, 6.07) is 18.8. The predicted octanol–water partition coefficient (Wildman–Crippen LogP) is 3.10. The lowest BCUT2D eigenvalue weighted by Crippen LogP contribution is -2.47. The lowest BCUT2D eigenvalue weighted by molar-refractivity contribution is -0.120. The minimum absolute atomic E-state index is 0. The molecule has 3 rings (SSSR count). The van der Waals surface area contributed by atoms with E-state index in [0.717, 1.165) is 36.8 Å². The third kappa shape index (κ3) is 7.19. The molecule has 0 spiro atoms. The topological polar surface area (TPSA) is 68.8 Å². The maximum absolute atomic E-state index is 11.6. The van der Waals surface area contributed by atoms with E-state index >= 15 is 0 Å². The van der Waals surface area contributed by atoms with Gasteiger partial charge in [-0.15, -0.1) is 24.0 Å². The summed E-state index contributed by atoms with van der Waals surface area (Å²) in [7, 11) is 0. The van der Waals surface area contributed by atoms with Gasteiger partial charge in [-0.05, 0) is 36.1 Å². The van der Waals surface area contributed by atoms with Crippen LogP contribution in [0, 0.1) is 0 Å². The number of halogens is 1. The van der Waals surface area contributed by atoms with Crippen molar-refractivity contribution in [3.8, 4) is 0 Å². The number of carbonyl (C=O) groups is 1. The summed E-state index contributed by atoms with van der Waals surface area (Å²) in [6.45, 7) is 8.50. The molecule has 1 aliphatic heterocycles. The number of amides is 1. The van der Waals surface area contributed by atoms with Crippen molar-refractivity contribution >= 4 is 41.5 Å². The number of guanidine groups is 1. The number of carbonyl (C=O) groups excluding carboxylic acids is 1. The van der Waals surface area contributed by atoms with Crippen molar-refractivity contribution < 1.29 is 4.79 Å². The van der Waals surface area contributed by atoms with E-state index in [0.29, 0.717) is 25.6 Å². The summed E-state index contributed by atoms with van der Waals surface area (Å²) in [5.74, 6) is 1.31. The molecule has 1 unspecified atom stereocenters. The summed E-state index contributed by atoms with van der Waals surface area (Å²) in [4.78, 5) is 18.4. The van der Waals surface area contributed by atoms with Gasteiger partial charge in [-0.2, -0.15) is 0 Å². The highest BCUT2D eigenvalue weighted by molar-refractivity contribution is 14.0. The minimum atomic E-state index is 0. The lowest BCUT2D eigenvalue weighted by atomic mass is 10.0. The Bertz CT molecular complexity index is 810. The Morgan fingerprint density at radius 3 is 2.53 bits per heavy atom. The second kappa shape index (κ2) is 12.4. The zero-order chi connectivity index (χ0) is 20.5. The van der Waals surface area contributed by atoms with E-state index < -0.39 is 0 Å². The molecule has 30 heavy (non-hydrogen) atoms. The summed E-state index contributed by atoms with van der Waals surface area (Å²) < 4.78 is 0. The molecule has 0 aliphatic carbocycles. The van der Waals surface area contributed by atoms with Crippen LogP contribution in [-0.2, 0) is 11.3 Å². The number of aliphatic imine (C=N–C) groups is 1. The molecule has 1 saturated heterocycles. The van der Waals surface area contributed by atoms with Crippen molar-refractivity contribution in [2.45, 2.75) is 26.3 Å². The molecule has 0 saturated carbocycles. The molecule has 7 heteroatoms. The number of rotatable bonds is 7. The molecule has 1 amide bonds. The van der Waals surface area contributed by atoms with Crippen molar-refractivity contribution in [2.24, 2.45) is 4.99 Å². The first kappa shape index (κ1) is 24.0. The predicted molar refractivity (Wildman–Crippen MR) is 135 cm³/mol. The number of anilines is 1. The molecule has 1 aliphatic rings. The lowest BCUT2D eigenvalue weighted by Gasteiger charge is -2.28. The van der Waals surface area contributed by atoms with Crippen LogP contribution in [0.15, 0.2) is 59.6 Å². The number of piperazine rings is 1. The van der Waals surface area contributed by atoms with Crippen molar-refractivity contribution in [3.05, 3.63) is 65.7 Å². The van der Waals surface area contributed by atoms with Gasteiger partial charge in [0.05, 0.1) is 13.1 Å². The van der Waals surface area contributed by atoms with Gasteiger partial charge in [0.15, 0.2) is 5.96 Å². The Balaban J connectivity index is 0.00000320. The quantitative estimate of drug-likeness (QED) is 0.298. The van der Waals surface area contributed by atoms with E-state index in [1.807, 2.05) is 6.07 Å². The number of nitrogens with zero attached hydrogens (tertiary/aromatic N) is 2. The first-order valence-electron chi connectivity index (χ1n) is 10.3. The maximum atomic E-state index is 11.6. The molecule has 162 valence electrons. The highest BCUT2D eigenvalue weighted by atomic mass is 127. The monoisotopic (exact) mass is 521 g/mol. The standard InChI is InChI=1S/C23H31N5O.HI/c1-3-24-23(26-15-18(2)20-7-5-4-6-8-20)27-16-19-9-11-21(12-10-19)28-14-13-25-22(29)17-28;/h4-12,18H,3,13-17H2,1-2H3,(H,25,29)(H2,24,26,27);1H. The molecule has 2 aromatic carbocycles. The Hall–Kier alpha value is -2.29. The van der Waals surface area contributed by atoms with Gasteiger partial charge < -0.3 is 20.9 Å². The molecule has 1 atom stereocenters. The highest BCUT2D eigenvalue weighted by Crippen LogP contribution is 2.17. The van der Waals surface area contributed by atoms with Crippen LogP contribution < -0.4 is 20.9 Å². The van der Waals surface area contributed by atoms with Gasteiger partial charge in [0.1, 0.15) is 0 Å². The van der Waals surface area contributed by atoms with Gasteiger partial charge >= 0.3 is 0 Å². The molecule has 3 N–H and O–H groups in total. The highest BCUT2D eigenvalue weighted by Gasteiger charge is 2.16. The Morgan fingerprint density at radius 1 is 1.13 bits per heavy atom. The molecule has 1 heterocycles. The number of hydrogen-bond acceptors (Lipinski definition) is 3. The fraction of sp³-hybridized carbons (Fsp3) is 0.391. The Morgan fingerprint density at radius 2 is 1.87 bits per heavy atom. The van der Waals surface area contributed by atoms with Crippen LogP contribution in [0.25, 0.3) is 0 Å². The zero-order valence-electron chi connectivity index (χ0n) is 17.7. The Kier molecular flexibility index (Phi) is 9.93. The minimum Gasteiger partial charge on any atom is -0.360 e. The van der Waals surface area contributed by atoms with Crippen LogP contribution in [0.3, 0.4) is 0 Å². The van der Waals surface area contributed by atoms with Crippen LogP contribution in [-0.4, -0.2) is 44.6 Å². The summed E-state index contributed by atoms with van der Waals surface area (Å²) in [5, 5.41) is 9.61. The van der Waals surface area contributed by atoms with Crippen molar-refractivity contribution in [1.29, 1.82) is 0 Å². The normalized spacial score (nSPS) is 15.1. The SMILES string of the molecule is CCNC(=NCc1ccc(N2CCNC(=O)C2)cc1)NCC(C)c1ccccc1.I. The third-order valence-electron chi connectivity index (χ3n) is 5.05. The van der Waals surface area contributed by atoms with Crippen molar-refractivity contribution in [3.63, 3.8) is 0 Å². The first-order chi connectivity index (χ1) is 14.2. The van der Waals surface area contributed by atoms with E-state index in [2.05, 4.69) is 83.2 Å². The maximum Gasteiger partial charge on any atom is 0.239 e. The van der Waals surface area contributed by atoms with E-state index in [1.165, 1.54) is 5.56 Å². The van der Waals surface area contributed by atoms with Gasteiger partial charge in [-0.3, -0.25) is 4.79 Å². The molecule has 1 fully saturated rings. The second-order valence-electron chi connectivity index (χ2n) is 7.33. The molecule has 6 nitrogen and oxygen atoms in total. The molecule has 0 radical (unpaired) electrons. The molecule has 2 aromatic rings. The van der Waals surface area contributed by atoms with Crippen LogP contribution in [0.1, 0.15) is 30.9 Å². The third-order valence-corrected chi connectivity index (χ3v) is 5.05. The van der Waals surface area contributed by atoms with E-state index in [-0.39, 0.29) is 29.9 Å². The fourth-order valence-corrected chi connectivity index (χ4v) is 3.33. The summed E-state index contributed by atoms with van der Waals surface area (Å²) >= 11 is 0. The number of nitrogens with one attached hydrogen (secondary N) is 3. The average molecular weight is 521 g/mol. The fourth-order valence-electron chi connectivity index (χ4n) is 3.33. The van der Waals surface area contributed by atoms with Crippen molar-refractivity contribution in [2.75, 3.05) is 37.6 Å². The second-order valence-corrected chi connectivity index (χ2v) is 7.33. The van der Waals surface area contributed by atoms with E-state index in [1.54, 1.807) is 0 Å². The van der Waals surface area contributed by atoms with Crippen LogP contribution >= 0.6 is 24.0 Å². The molecular formula is C23H32IN5O. The average Bonchev–Trinajstić information content (AvgIpc) is 2.76. The summed E-state index contributed by atoms with van der Waals surface area (Å²) in [6.07, 6.45) is 0. The van der Waals surface area contributed by atoms with Gasteiger partial charge in [-0.1, -0.05) is 49.4 Å². The number of hydrogen-bond donors (Lipinski definition) is 3. The molecule has 0 bridgehead atoms. The largest absolute Gasteiger partial charge is 0.360 e. The Labute approximate surface area is 196 Å². The van der Waals surface area contributed by atoms with Gasteiger partial charge in [-0.25, -0.2) is 4.99 Å². The molecule has 0 aromatic heterocycles. The first-order valence-corrected chi connectivity index (χ1v) is 10.3. The van der Waals surface area contributed by atoms with Gasteiger partial charge in [0, 0.05) is 31.9 Å². The number of benzene rings is 2. The van der Waals surface area contributed by atoms with Gasteiger partial charge in [0.2, 0.25) is 5.91 Å². The van der Waals surface area contributed by atoms with Crippen molar-refractivity contribution in [1.82, 2.24) is 16.0 Å². The van der Waals surface area contributed by atoms with Crippen LogP contribution in [0.4, 0.5) is 5.69 Å². The van der Waals surface area contributed by atoms with Crippen LogP contribution in [0.5, 0.6) is 0 Å². The molecular weight excluding hydrogens is 489 g/mol. The van der Waals surface area contributed by atoms with E-state index in [4.69, 9.17) is 4.99 Å². The smallest absolute Gasteiger partial charge is 0.239 e. The van der Waals surface area contributed by atoms with E-state index in [9.17, 15) is 4.79 Å². The zero-order valence-corrected chi connectivity index (χ0v) is 20.1. The van der Waals surface area contributed by atoms with Gasteiger partial charge in [0.25, 0.3) is 0 Å². The van der Waals surface area contributed by atoms with Crippen LogP contribution in [0.2, 0.25) is 0 Å².